The minimum atomic E-state index is -0.351. The third kappa shape index (κ3) is 8.19. The number of rotatable bonds is 12. The zero-order valence-electron chi connectivity index (χ0n) is 19.2. The average Bonchev–Trinajstić information content (AvgIpc) is 2.83. The van der Waals surface area contributed by atoms with Crippen molar-refractivity contribution in [2.75, 3.05) is 6.61 Å². The lowest BCUT2D eigenvalue weighted by Crippen LogP contribution is -1.97. The van der Waals surface area contributed by atoms with Crippen LogP contribution >= 0.6 is 0 Å². The van der Waals surface area contributed by atoms with Gasteiger partial charge in [0.25, 0.3) is 0 Å². The highest BCUT2D eigenvalue weighted by Crippen LogP contribution is 2.16. The van der Waals surface area contributed by atoms with Crippen molar-refractivity contribution >= 4 is 17.4 Å². The lowest BCUT2D eigenvalue weighted by Gasteiger charge is -2.07. The smallest absolute Gasteiger partial charge is 0.185 e. The summed E-state index contributed by atoms with van der Waals surface area (Å²) in [6, 6.07) is 21.9. The Morgan fingerprint density at radius 3 is 2.15 bits per heavy atom. The highest BCUT2D eigenvalue weighted by Gasteiger charge is 2.02. The van der Waals surface area contributed by atoms with Gasteiger partial charge in [-0.1, -0.05) is 67.5 Å². The van der Waals surface area contributed by atoms with Gasteiger partial charge >= 0.3 is 0 Å². The van der Waals surface area contributed by atoms with Crippen molar-refractivity contribution in [3.8, 4) is 5.75 Å². The molecule has 0 fully saturated rings. The van der Waals surface area contributed by atoms with E-state index in [-0.39, 0.29) is 11.6 Å². The Morgan fingerprint density at radius 1 is 0.848 bits per heavy atom. The van der Waals surface area contributed by atoms with Gasteiger partial charge in [0.1, 0.15) is 11.6 Å². The van der Waals surface area contributed by atoms with Crippen molar-refractivity contribution in [3.63, 3.8) is 0 Å². The van der Waals surface area contributed by atoms with Crippen molar-refractivity contribution in [3.05, 3.63) is 114 Å². The molecule has 3 heteroatoms. The van der Waals surface area contributed by atoms with Crippen LogP contribution in [0.4, 0.5) is 4.39 Å². The van der Waals surface area contributed by atoms with E-state index in [1.165, 1.54) is 54.3 Å². The molecular formula is C30H31FO2. The summed E-state index contributed by atoms with van der Waals surface area (Å²) >= 11 is 0. The fourth-order valence-corrected chi connectivity index (χ4v) is 3.49. The van der Waals surface area contributed by atoms with Crippen LogP contribution in [0.25, 0.3) is 11.6 Å². The van der Waals surface area contributed by atoms with Crippen molar-refractivity contribution in [1.82, 2.24) is 0 Å². The van der Waals surface area contributed by atoms with Gasteiger partial charge in [-0.05, 0) is 85.4 Å². The first kappa shape index (κ1) is 24.2. The third-order valence-corrected chi connectivity index (χ3v) is 5.51. The number of hydrogen-bond donors (Lipinski definition) is 0. The first-order valence-corrected chi connectivity index (χ1v) is 11.5. The molecule has 0 aromatic heterocycles. The maximum absolute atomic E-state index is 13.0. The van der Waals surface area contributed by atoms with Crippen LogP contribution in [0.1, 0.15) is 59.7 Å². The summed E-state index contributed by atoms with van der Waals surface area (Å²) in [5.41, 5.74) is 5.06. The molecule has 0 spiro atoms. The second-order valence-corrected chi connectivity index (χ2v) is 8.26. The maximum Gasteiger partial charge on any atom is 0.185 e. The summed E-state index contributed by atoms with van der Waals surface area (Å²) in [7, 11) is 0. The Bertz CT molecular complexity index is 1060. The first-order valence-electron chi connectivity index (χ1n) is 11.5. The SMILES string of the molecule is C=C(C)c1ccc(CCCCCCOc2ccc(C=CC(=O)c3ccc(F)cc3)cc2)cc1. The Kier molecular flexibility index (Phi) is 9.19. The lowest BCUT2D eigenvalue weighted by molar-refractivity contribution is 0.104. The van der Waals surface area contributed by atoms with Crippen LogP contribution in [0.3, 0.4) is 0 Å². The van der Waals surface area contributed by atoms with Gasteiger partial charge in [-0.25, -0.2) is 4.39 Å². The van der Waals surface area contributed by atoms with Crippen LogP contribution in [-0.4, -0.2) is 12.4 Å². The van der Waals surface area contributed by atoms with Crippen LogP contribution in [0.15, 0.2) is 85.5 Å². The quantitative estimate of drug-likeness (QED) is 0.162. The number of carbonyl (C=O) groups is 1. The molecule has 0 aliphatic rings. The standard InChI is InChI=1S/C30H31FO2/c1-23(2)26-13-8-24(9-14-26)7-5-3-4-6-22-33-29-19-10-25(11-20-29)12-21-30(32)27-15-17-28(31)18-16-27/h8-21H,1,3-7,22H2,2H3. The molecule has 0 aliphatic heterocycles. The molecule has 33 heavy (non-hydrogen) atoms. The number of allylic oxidation sites excluding steroid dienone is 2. The predicted molar refractivity (Wildman–Crippen MR) is 135 cm³/mol. The van der Waals surface area contributed by atoms with Gasteiger partial charge in [-0.2, -0.15) is 0 Å². The summed E-state index contributed by atoms with van der Waals surface area (Å²) in [5.74, 6) is 0.324. The van der Waals surface area contributed by atoms with Crippen LogP contribution in [-0.2, 0) is 6.42 Å². The Balaban J connectivity index is 1.31. The van der Waals surface area contributed by atoms with Crippen LogP contribution in [0.5, 0.6) is 5.75 Å². The lowest BCUT2D eigenvalue weighted by atomic mass is 10.0. The number of ether oxygens (including phenoxy) is 1. The van der Waals surface area contributed by atoms with E-state index in [0.717, 1.165) is 36.1 Å². The maximum atomic E-state index is 13.0. The van der Waals surface area contributed by atoms with E-state index < -0.39 is 0 Å². The van der Waals surface area contributed by atoms with Crippen molar-refractivity contribution in [2.45, 2.75) is 39.0 Å². The summed E-state index contributed by atoms with van der Waals surface area (Å²) in [6.45, 7) is 6.71. The number of ketones is 1. The second-order valence-electron chi connectivity index (χ2n) is 8.26. The molecule has 0 unspecified atom stereocenters. The largest absolute Gasteiger partial charge is 0.494 e. The monoisotopic (exact) mass is 442 g/mol. The Labute approximate surface area is 196 Å². The average molecular weight is 443 g/mol. The summed E-state index contributed by atoms with van der Waals surface area (Å²) in [4.78, 5) is 12.1. The molecule has 3 rings (SSSR count). The second kappa shape index (κ2) is 12.5. The third-order valence-electron chi connectivity index (χ3n) is 5.51. The molecule has 0 bridgehead atoms. The zero-order chi connectivity index (χ0) is 23.5. The van der Waals surface area contributed by atoms with Gasteiger partial charge in [-0.15, -0.1) is 0 Å². The van der Waals surface area contributed by atoms with E-state index in [1.807, 2.05) is 31.2 Å². The molecule has 0 saturated heterocycles. The van der Waals surface area contributed by atoms with Crippen LogP contribution in [0.2, 0.25) is 0 Å². The summed E-state index contributed by atoms with van der Waals surface area (Å²) in [6.07, 6.45) is 8.91. The van der Waals surface area contributed by atoms with Gasteiger partial charge in [-0.3, -0.25) is 4.79 Å². The zero-order valence-corrected chi connectivity index (χ0v) is 19.2. The van der Waals surface area contributed by atoms with E-state index in [0.29, 0.717) is 12.2 Å². The van der Waals surface area contributed by atoms with Gasteiger partial charge < -0.3 is 4.74 Å². The van der Waals surface area contributed by atoms with Gasteiger partial charge in [0.05, 0.1) is 6.61 Å². The molecule has 0 aliphatic carbocycles. The molecule has 0 N–H and O–H groups in total. The normalized spacial score (nSPS) is 11.0. The highest BCUT2D eigenvalue weighted by atomic mass is 19.1. The van der Waals surface area contributed by atoms with Crippen molar-refractivity contribution in [2.24, 2.45) is 0 Å². The van der Waals surface area contributed by atoms with Crippen LogP contribution in [0, 0.1) is 5.82 Å². The van der Waals surface area contributed by atoms with Gasteiger partial charge in [0.15, 0.2) is 5.78 Å². The van der Waals surface area contributed by atoms with Crippen LogP contribution < -0.4 is 4.74 Å². The molecule has 2 nitrogen and oxygen atoms in total. The number of aryl methyl sites for hydroxylation is 1. The number of halogens is 1. The Hall–Kier alpha value is -3.46. The topological polar surface area (TPSA) is 26.3 Å². The predicted octanol–water partition coefficient (Wildman–Crippen LogP) is 7.94. The fourth-order valence-electron chi connectivity index (χ4n) is 3.49. The number of benzene rings is 3. The molecular weight excluding hydrogens is 411 g/mol. The van der Waals surface area contributed by atoms with Crippen molar-refractivity contribution < 1.29 is 13.9 Å². The van der Waals surface area contributed by atoms with Crippen molar-refractivity contribution in [1.29, 1.82) is 0 Å². The van der Waals surface area contributed by atoms with Gasteiger partial charge in [0, 0.05) is 5.56 Å². The minimum absolute atomic E-state index is 0.154. The van der Waals surface area contributed by atoms with E-state index in [2.05, 4.69) is 30.8 Å². The molecule has 3 aromatic rings. The molecule has 0 radical (unpaired) electrons. The Morgan fingerprint density at radius 2 is 1.48 bits per heavy atom. The first-order chi connectivity index (χ1) is 16.0. The highest BCUT2D eigenvalue weighted by molar-refractivity contribution is 6.06. The van der Waals surface area contributed by atoms with Gasteiger partial charge in [0.2, 0.25) is 0 Å². The number of hydrogen-bond acceptors (Lipinski definition) is 2. The minimum Gasteiger partial charge on any atom is -0.494 e. The summed E-state index contributed by atoms with van der Waals surface area (Å²) < 4.78 is 18.8. The molecule has 0 atom stereocenters. The summed E-state index contributed by atoms with van der Waals surface area (Å²) in [5, 5.41) is 0. The molecule has 0 heterocycles. The molecule has 3 aromatic carbocycles. The van der Waals surface area contributed by atoms with E-state index in [1.54, 1.807) is 6.08 Å². The fraction of sp³-hybridized carbons (Fsp3) is 0.233. The molecule has 0 amide bonds. The van der Waals surface area contributed by atoms with E-state index >= 15 is 0 Å². The van der Waals surface area contributed by atoms with E-state index in [9.17, 15) is 9.18 Å². The number of unbranched alkanes of at least 4 members (excludes halogenated alkanes) is 3. The molecule has 0 saturated carbocycles. The number of carbonyl (C=O) groups excluding carboxylic acids is 1. The van der Waals surface area contributed by atoms with E-state index in [4.69, 9.17) is 4.74 Å². The molecule has 170 valence electrons.